The number of anilines is 1. The molecule has 1 N–H and O–H groups in total. The summed E-state index contributed by atoms with van der Waals surface area (Å²) < 4.78 is 30.1. The average Bonchev–Trinajstić information content (AvgIpc) is 3.45. The first-order valence-corrected chi connectivity index (χ1v) is 18.1. The van der Waals surface area contributed by atoms with E-state index in [0.717, 1.165) is 53.9 Å². The molecule has 12 heteroatoms. The topological polar surface area (TPSA) is 85.7 Å². The van der Waals surface area contributed by atoms with Crippen molar-refractivity contribution < 1.29 is 27.9 Å². The van der Waals surface area contributed by atoms with Gasteiger partial charge in [-0.2, -0.15) is 5.10 Å². The molecule has 1 aliphatic carbocycles. The summed E-state index contributed by atoms with van der Waals surface area (Å²) in [4.78, 5) is 28.4. The summed E-state index contributed by atoms with van der Waals surface area (Å²) in [5.41, 5.74) is 3.47. The Balaban J connectivity index is 1.17. The number of amides is 2. The summed E-state index contributed by atoms with van der Waals surface area (Å²) in [6, 6.07) is 14.1. The van der Waals surface area contributed by atoms with E-state index >= 15 is 4.39 Å². The van der Waals surface area contributed by atoms with Crippen LogP contribution in [-0.4, -0.2) is 80.1 Å². The standard InChI is InChI=1S/C39H44Cl2FN5O4/c1-26-31(40)10-6-12-35(26)50-18-7-13-36(48)46-24-39(14-8-15-39)25-51-37-29(9-5-11-34(37)46)28-21-44-45(22-28)23-30-32(41)19-27(20-33(30)42)38(49)43-16-17-47(2,3)4/h5-6,9-12,19-22H,7-8,13-18,23-25H2,1-4H3/p+1. The van der Waals surface area contributed by atoms with Crippen molar-refractivity contribution in [3.8, 4) is 22.6 Å². The van der Waals surface area contributed by atoms with Gasteiger partial charge in [-0.3, -0.25) is 14.3 Å². The normalized spacial score (nSPS) is 15.1. The first-order chi connectivity index (χ1) is 24.3. The monoisotopic (exact) mass is 736 g/mol. The lowest BCUT2D eigenvalue weighted by Crippen LogP contribution is -2.46. The highest BCUT2D eigenvalue weighted by atomic mass is 35.5. The van der Waals surface area contributed by atoms with Gasteiger partial charge in [0.2, 0.25) is 5.91 Å². The van der Waals surface area contributed by atoms with Crippen LogP contribution in [0.3, 0.4) is 0 Å². The van der Waals surface area contributed by atoms with Gasteiger partial charge in [0, 0.05) is 62.4 Å². The van der Waals surface area contributed by atoms with Gasteiger partial charge in [0.25, 0.3) is 5.91 Å². The number of aromatic nitrogens is 2. The molecule has 4 aromatic rings. The molecule has 0 atom stereocenters. The molecule has 2 amide bonds. The summed E-state index contributed by atoms with van der Waals surface area (Å²) in [5.74, 6) is 0.408. The Labute approximate surface area is 308 Å². The number of benzene rings is 3. The van der Waals surface area contributed by atoms with Crippen LogP contribution in [0.15, 0.2) is 60.9 Å². The van der Waals surface area contributed by atoms with Gasteiger partial charge >= 0.3 is 0 Å². The van der Waals surface area contributed by atoms with Crippen molar-refractivity contribution in [2.45, 2.75) is 45.6 Å². The maximum absolute atomic E-state index is 15.4. The minimum Gasteiger partial charge on any atom is -0.493 e. The second kappa shape index (κ2) is 15.2. The molecule has 0 bridgehead atoms. The van der Waals surface area contributed by atoms with E-state index in [1.807, 2.05) is 75.6 Å². The number of ether oxygens (including phenoxy) is 2. The van der Waals surface area contributed by atoms with Gasteiger partial charge in [-0.25, -0.2) is 4.39 Å². The van der Waals surface area contributed by atoms with E-state index in [4.69, 9.17) is 32.7 Å². The summed E-state index contributed by atoms with van der Waals surface area (Å²) in [6.45, 7) is 4.67. The van der Waals surface area contributed by atoms with Gasteiger partial charge in [-0.1, -0.05) is 47.8 Å². The third-order valence-electron chi connectivity index (χ3n) is 9.76. The number of carbonyl (C=O) groups is 2. The first-order valence-electron chi connectivity index (χ1n) is 17.4. The molecule has 0 unspecified atom stereocenters. The lowest BCUT2D eigenvalue weighted by Gasteiger charge is -2.42. The molecule has 1 spiro atoms. The quantitative estimate of drug-likeness (QED) is 0.120. The number of likely N-dealkylation sites (N-methyl/N-ethyl adjacent to an activating group) is 1. The smallest absolute Gasteiger partial charge is 0.251 e. The van der Waals surface area contributed by atoms with E-state index < -0.39 is 5.82 Å². The van der Waals surface area contributed by atoms with Crippen molar-refractivity contribution in [1.82, 2.24) is 15.1 Å². The van der Waals surface area contributed by atoms with Gasteiger partial charge in [0.1, 0.15) is 11.6 Å². The Hall–Kier alpha value is -4.12. The van der Waals surface area contributed by atoms with E-state index in [-0.39, 0.29) is 39.9 Å². The van der Waals surface area contributed by atoms with Crippen molar-refractivity contribution in [2.24, 2.45) is 5.41 Å². The highest BCUT2D eigenvalue weighted by molar-refractivity contribution is 6.32. The van der Waals surface area contributed by atoms with Gasteiger partial charge < -0.3 is 24.2 Å². The molecule has 2 heterocycles. The highest BCUT2D eigenvalue weighted by Crippen LogP contribution is 2.49. The summed E-state index contributed by atoms with van der Waals surface area (Å²) in [6.07, 6.45) is 7.49. The van der Waals surface area contributed by atoms with Crippen molar-refractivity contribution in [3.05, 3.63) is 93.5 Å². The Kier molecular flexibility index (Phi) is 11.0. The Morgan fingerprint density at radius 3 is 2.61 bits per heavy atom. The van der Waals surface area contributed by atoms with Gasteiger partial charge in [-0.05, 0) is 56.5 Å². The minimum atomic E-state index is -0.582. The zero-order chi connectivity index (χ0) is 36.3. The highest BCUT2D eigenvalue weighted by Gasteiger charge is 2.43. The van der Waals surface area contributed by atoms with Crippen LogP contribution in [0.5, 0.6) is 11.5 Å². The van der Waals surface area contributed by atoms with Crippen LogP contribution in [0.1, 0.15) is 53.6 Å². The molecule has 0 saturated heterocycles. The Morgan fingerprint density at radius 1 is 1.10 bits per heavy atom. The molecule has 2 aliphatic rings. The number of halogens is 3. The van der Waals surface area contributed by atoms with E-state index in [1.165, 1.54) is 12.1 Å². The van der Waals surface area contributed by atoms with E-state index in [1.54, 1.807) is 10.9 Å². The zero-order valence-electron chi connectivity index (χ0n) is 29.6. The minimum absolute atomic E-state index is 0.0166. The van der Waals surface area contributed by atoms with Crippen LogP contribution < -0.4 is 19.7 Å². The van der Waals surface area contributed by atoms with E-state index in [2.05, 4.69) is 10.4 Å². The van der Waals surface area contributed by atoms with Crippen LogP contribution in [0.4, 0.5) is 10.1 Å². The van der Waals surface area contributed by atoms with Crippen molar-refractivity contribution >= 4 is 40.7 Å². The molecular weight excluding hydrogens is 692 g/mol. The fourth-order valence-electron chi connectivity index (χ4n) is 6.54. The summed E-state index contributed by atoms with van der Waals surface area (Å²) >= 11 is 12.8. The molecule has 6 rings (SSSR count). The van der Waals surface area contributed by atoms with Gasteiger partial charge in [0.15, 0.2) is 5.75 Å². The number of rotatable bonds is 12. The lowest BCUT2D eigenvalue weighted by atomic mass is 9.69. The maximum atomic E-state index is 15.4. The van der Waals surface area contributed by atoms with Crippen molar-refractivity contribution in [3.63, 3.8) is 0 Å². The van der Waals surface area contributed by atoms with Crippen LogP contribution in [-0.2, 0) is 11.3 Å². The predicted molar refractivity (Wildman–Crippen MR) is 198 cm³/mol. The largest absolute Gasteiger partial charge is 0.493 e. The third kappa shape index (κ3) is 8.51. The molecule has 1 aliphatic heterocycles. The SMILES string of the molecule is Cc1c(Cl)cccc1OCCCC(=O)N1CC2(CCC2)COc2c(-c3cnn(Cc4c(F)cc(C(=O)NCC[N+](C)(C)C)cc4Cl)c3)cccc21. The predicted octanol–water partition coefficient (Wildman–Crippen LogP) is 7.54. The number of para-hydroxylation sites is 1. The second-order valence-electron chi connectivity index (χ2n) is 14.7. The number of nitrogens with one attached hydrogen (secondary N) is 1. The van der Waals surface area contributed by atoms with Crippen molar-refractivity contribution in [2.75, 3.05) is 58.9 Å². The number of hydrogen-bond acceptors (Lipinski definition) is 5. The van der Waals surface area contributed by atoms with Crippen molar-refractivity contribution in [1.29, 1.82) is 0 Å². The number of nitrogens with zero attached hydrogens (tertiary/aromatic N) is 4. The Morgan fingerprint density at radius 2 is 1.88 bits per heavy atom. The van der Waals surface area contributed by atoms with Crippen LogP contribution in [0.25, 0.3) is 11.1 Å². The number of quaternary nitrogens is 1. The number of fused-ring (bicyclic) bond motifs is 1. The van der Waals surface area contributed by atoms with E-state index in [9.17, 15) is 9.59 Å². The molecular formula is C39H45Cl2FN5O4+. The zero-order valence-corrected chi connectivity index (χ0v) is 31.1. The Bertz CT molecular complexity index is 1900. The van der Waals surface area contributed by atoms with Gasteiger partial charge in [-0.15, -0.1) is 0 Å². The summed E-state index contributed by atoms with van der Waals surface area (Å²) in [7, 11) is 6.09. The molecule has 270 valence electrons. The second-order valence-corrected chi connectivity index (χ2v) is 15.5. The van der Waals surface area contributed by atoms with Gasteiger partial charge in [0.05, 0.1) is 65.9 Å². The molecule has 1 fully saturated rings. The molecule has 9 nitrogen and oxygen atoms in total. The van der Waals surface area contributed by atoms with E-state index in [0.29, 0.717) is 54.4 Å². The molecule has 51 heavy (non-hydrogen) atoms. The fraction of sp³-hybridized carbons (Fsp3) is 0.410. The van der Waals surface area contributed by atoms with Crippen LogP contribution in [0.2, 0.25) is 10.0 Å². The number of carbonyl (C=O) groups excluding carboxylic acids is 2. The molecule has 0 radical (unpaired) electrons. The summed E-state index contributed by atoms with van der Waals surface area (Å²) in [5, 5.41) is 8.14. The lowest BCUT2D eigenvalue weighted by molar-refractivity contribution is -0.869. The first kappa shape index (κ1) is 36.7. The van der Waals surface area contributed by atoms with Crippen LogP contribution in [0, 0.1) is 18.2 Å². The molecule has 3 aromatic carbocycles. The maximum Gasteiger partial charge on any atom is 0.251 e. The van der Waals surface area contributed by atoms with Crippen LogP contribution >= 0.6 is 23.2 Å². The average molecular weight is 738 g/mol. The molecule has 1 aromatic heterocycles. The third-order valence-corrected chi connectivity index (χ3v) is 10.5. The fourth-order valence-corrected chi connectivity index (χ4v) is 6.97. The number of hydrogen-bond donors (Lipinski definition) is 1. The molecule has 1 saturated carbocycles.